The van der Waals surface area contributed by atoms with Gasteiger partial charge in [-0.2, -0.15) is 0 Å². The second kappa shape index (κ2) is 5.22. The number of hydrogen-bond acceptors (Lipinski definition) is 3. The van der Waals surface area contributed by atoms with E-state index < -0.39 is 5.60 Å². The first-order valence-corrected chi connectivity index (χ1v) is 8.29. The Morgan fingerprint density at radius 2 is 1.90 bits per heavy atom. The van der Waals surface area contributed by atoms with Crippen molar-refractivity contribution in [3.05, 3.63) is 29.0 Å². The monoisotopic (exact) mass is 308 g/mol. The van der Waals surface area contributed by atoms with Crippen LogP contribution in [-0.2, 0) is 5.60 Å². The van der Waals surface area contributed by atoms with E-state index in [1.807, 2.05) is 12.1 Å². The third-order valence-electron chi connectivity index (χ3n) is 5.37. The fourth-order valence-electron chi connectivity index (χ4n) is 4.12. The highest BCUT2D eigenvalue weighted by Crippen LogP contribution is 2.50. The second-order valence-electron chi connectivity index (χ2n) is 7.59. The first-order valence-electron chi connectivity index (χ1n) is 7.91. The Balaban J connectivity index is 1.97. The van der Waals surface area contributed by atoms with Crippen molar-refractivity contribution in [3.8, 4) is 0 Å². The summed E-state index contributed by atoms with van der Waals surface area (Å²) in [5.74, 6) is 0.561. The van der Waals surface area contributed by atoms with Crippen molar-refractivity contribution < 1.29 is 5.11 Å². The third kappa shape index (κ3) is 2.60. The molecular weight excluding hydrogens is 284 g/mol. The van der Waals surface area contributed by atoms with Gasteiger partial charge in [-0.3, -0.25) is 4.90 Å². The molecular formula is C17H25ClN2O. The molecule has 2 bridgehead atoms. The van der Waals surface area contributed by atoms with E-state index in [4.69, 9.17) is 11.6 Å². The van der Waals surface area contributed by atoms with Crippen molar-refractivity contribution in [1.29, 1.82) is 0 Å². The Morgan fingerprint density at radius 3 is 2.43 bits per heavy atom. The minimum atomic E-state index is -0.743. The number of hydrogen-bond donors (Lipinski definition) is 1. The van der Waals surface area contributed by atoms with E-state index in [0.29, 0.717) is 5.15 Å². The average molecular weight is 309 g/mol. The topological polar surface area (TPSA) is 36.4 Å². The molecule has 1 N–H and O–H groups in total. The first kappa shape index (κ1) is 15.3. The number of nitrogens with zero attached hydrogens (tertiary/aromatic N) is 2. The highest BCUT2D eigenvalue weighted by atomic mass is 35.5. The third-order valence-corrected chi connectivity index (χ3v) is 5.58. The smallest absolute Gasteiger partial charge is 0.129 e. The molecule has 0 unspecified atom stereocenters. The lowest BCUT2D eigenvalue weighted by Gasteiger charge is -2.56. The van der Waals surface area contributed by atoms with Gasteiger partial charge in [0.25, 0.3) is 0 Å². The number of aromatic nitrogens is 1. The molecule has 3 nitrogen and oxygen atoms in total. The Bertz CT molecular complexity index is 512. The molecule has 1 aromatic rings. The van der Waals surface area contributed by atoms with Gasteiger partial charge < -0.3 is 5.11 Å². The standard InChI is InChI=1S/C17H25ClN2O/c1-16(2,3)20-10-13-5-4-6-14(11-20)17(13,21)12-7-8-19-15(18)9-12/h7-9,13-14,21H,4-6,10-11H2,1-3H3/t13-,14+,17-. The molecule has 2 heterocycles. The van der Waals surface area contributed by atoms with Crippen LogP contribution in [0, 0.1) is 11.8 Å². The van der Waals surface area contributed by atoms with E-state index in [-0.39, 0.29) is 17.4 Å². The summed E-state index contributed by atoms with van der Waals surface area (Å²) in [5, 5.41) is 12.0. The van der Waals surface area contributed by atoms with Gasteiger partial charge in [0, 0.05) is 36.7 Å². The number of fused-ring (bicyclic) bond motifs is 2. The quantitative estimate of drug-likeness (QED) is 0.807. The summed E-state index contributed by atoms with van der Waals surface area (Å²) < 4.78 is 0. The molecule has 4 heteroatoms. The number of pyridine rings is 1. The van der Waals surface area contributed by atoms with E-state index >= 15 is 0 Å². The van der Waals surface area contributed by atoms with E-state index in [2.05, 4.69) is 30.7 Å². The molecule has 0 radical (unpaired) electrons. The molecule has 3 atom stereocenters. The van der Waals surface area contributed by atoms with Crippen LogP contribution in [-0.4, -0.2) is 33.6 Å². The lowest BCUT2D eigenvalue weighted by molar-refractivity contribution is -0.160. The zero-order valence-corrected chi connectivity index (χ0v) is 13.9. The van der Waals surface area contributed by atoms with Crippen LogP contribution in [0.3, 0.4) is 0 Å². The van der Waals surface area contributed by atoms with Crippen molar-refractivity contribution in [2.45, 2.75) is 51.2 Å². The predicted molar refractivity (Wildman–Crippen MR) is 85.3 cm³/mol. The maximum atomic E-state index is 11.5. The summed E-state index contributed by atoms with van der Waals surface area (Å²) >= 11 is 6.05. The molecule has 2 fully saturated rings. The molecule has 21 heavy (non-hydrogen) atoms. The van der Waals surface area contributed by atoms with Crippen LogP contribution in [0.25, 0.3) is 0 Å². The minimum absolute atomic E-state index is 0.158. The Kier molecular flexibility index (Phi) is 3.79. The Morgan fingerprint density at radius 1 is 1.29 bits per heavy atom. The van der Waals surface area contributed by atoms with Crippen LogP contribution < -0.4 is 0 Å². The first-order chi connectivity index (χ1) is 9.81. The summed E-state index contributed by atoms with van der Waals surface area (Å²) in [5.41, 5.74) is 0.364. The Hall–Kier alpha value is -0.640. The van der Waals surface area contributed by atoms with Crippen LogP contribution in [0.1, 0.15) is 45.6 Å². The number of aliphatic hydroxyl groups is 1. The summed E-state index contributed by atoms with van der Waals surface area (Å²) in [6.07, 6.45) is 5.09. The van der Waals surface area contributed by atoms with Gasteiger partial charge >= 0.3 is 0 Å². The van der Waals surface area contributed by atoms with Gasteiger partial charge in [0.05, 0.1) is 5.60 Å². The van der Waals surface area contributed by atoms with Crippen molar-refractivity contribution >= 4 is 11.6 Å². The number of piperidine rings is 1. The van der Waals surface area contributed by atoms with Crippen molar-refractivity contribution in [2.24, 2.45) is 11.8 Å². The molecule has 116 valence electrons. The number of rotatable bonds is 1. The molecule has 1 aliphatic heterocycles. The molecule has 1 aliphatic carbocycles. The van der Waals surface area contributed by atoms with E-state index in [9.17, 15) is 5.11 Å². The summed E-state index contributed by atoms with van der Waals surface area (Å²) in [6.45, 7) is 8.69. The number of halogens is 1. The highest BCUT2D eigenvalue weighted by molar-refractivity contribution is 6.29. The fourth-order valence-corrected chi connectivity index (χ4v) is 4.30. The van der Waals surface area contributed by atoms with Crippen molar-refractivity contribution in [1.82, 2.24) is 9.88 Å². The molecule has 2 aliphatic rings. The van der Waals surface area contributed by atoms with Crippen LogP contribution in [0.4, 0.5) is 0 Å². The van der Waals surface area contributed by atoms with Gasteiger partial charge in [-0.15, -0.1) is 0 Å². The van der Waals surface area contributed by atoms with Crippen LogP contribution in [0.5, 0.6) is 0 Å². The molecule has 0 aromatic carbocycles. The largest absolute Gasteiger partial charge is 0.384 e. The van der Waals surface area contributed by atoms with Gasteiger partial charge in [0.1, 0.15) is 5.15 Å². The highest BCUT2D eigenvalue weighted by Gasteiger charge is 2.52. The average Bonchev–Trinajstić information content (AvgIpc) is 2.36. The maximum absolute atomic E-state index is 11.5. The lowest BCUT2D eigenvalue weighted by atomic mass is 9.62. The molecule has 1 saturated carbocycles. The molecule has 1 aromatic heterocycles. The van der Waals surface area contributed by atoms with Crippen LogP contribution >= 0.6 is 11.6 Å². The predicted octanol–water partition coefficient (Wildman–Crippen LogP) is 3.45. The van der Waals surface area contributed by atoms with E-state index in [1.54, 1.807) is 6.20 Å². The summed E-state index contributed by atoms with van der Waals surface area (Å²) in [7, 11) is 0. The second-order valence-corrected chi connectivity index (χ2v) is 7.98. The van der Waals surface area contributed by atoms with E-state index in [1.165, 1.54) is 6.42 Å². The molecule has 0 amide bonds. The Labute approximate surface area is 132 Å². The van der Waals surface area contributed by atoms with Gasteiger partial charge in [-0.25, -0.2) is 4.98 Å². The lowest BCUT2D eigenvalue weighted by Crippen LogP contribution is -2.61. The molecule has 0 spiro atoms. The molecule has 1 saturated heterocycles. The van der Waals surface area contributed by atoms with Crippen LogP contribution in [0.2, 0.25) is 5.15 Å². The maximum Gasteiger partial charge on any atom is 0.129 e. The van der Waals surface area contributed by atoms with Crippen molar-refractivity contribution in [3.63, 3.8) is 0 Å². The fraction of sp³-hybridized carbons (Fsp3) is 0.706. The van der Waals surface area contributed by atoms with Crippen LogP contribution in [0.15, 0.2) is 18.3 Å². The number of likely N-dealkylation sites (tertiary alicyclic amines) is 1. The zero-order valence-electron chi connectivity index (χ0n) is 13.1. The van der Waals surface area contributed by atoms with Gasteiger partial charge in [0.2, 0.25) is 0 Å². The summed E-state index contributed by atoms with van der Waals surface area (Å²) in [6, 6.07) is 3.78. The van der Waals surface area contributed by atoms with Crippen molar-refractivity contribution in [2.75, 3.05) is 13.1 Å². The van der Waals surface area contributed by atoms with Gasteiger partial charge in [-0.1, -0.05) is 18.0 Å². The minimum Gasteiger partial charge on any atom is -0.384 e. The van der Waals surface area contributed by atoms with Gasteiger partial charge in [0.15, 0.2) is 0 Å². The van der Waals surface area contributed by atoms with Gasteiger partial charge in [-0.05, 0) is 51.3 Å². The summed E-state index contributed by atoms with van der Waals surface area (Å²) in [4.78, 5) is 6.58. The molecule has 3 rings (SSSR count). The van der Waals surface area contributed by atoms with E-state index in [0.717, 1.165) is 31.5 Å². The normalized spacial score (nSPS) is 34.0. The zero-order chi connectivity index (χ0) is 15.3. The SMILES string of the molecule is CC(C)(C)N1C[C@H]2CCC[C@@H](C1)[C@@]2(O)c1ccnc(Cl)c1.